The summed E-state index contributed by atoms with van der Waals surface area (Å²) in [5.74, 6) is -0.00786. The number of benzene rings is 1. The first-order chi connectivity index (χ1) is 9.10. The SMILES string of the molecule is CCCCC(=O)N/N=C/c1ccc(OC)c(O)c1Cl. The summed E-state index contributed by atoms with van der Waals surface area (Å²) in [7, 11) is 1.44. The molecular formula is C13H17ClN2O3. The number of hydrogen-bond acceptors (Lipinski definition) is 4. The fraction of sp³-hybridized carbons (Fsp3) is 0.385. The summed E-state index contributed by atoms with van der Waals surface area (Å²) in [6, 6.07) is 3.21. The third-order valence-electron chi connectivity index (χ3n) is 2.48. The van der Waals surface area contributed by atoms with Crippen molar-refractivity contribution in [2.24, 2.45) is 5.10 Å². The number of unbranched alkanes of at least 4 members (excludes halogenated alkanes) is 1. The average molecular weight is 285 g/mol. The van der Waals surface area contributed by atoms with E-state index in [-0.39, 0.29) is 22.4 Å². The van der Waals surface area contributed by atoms with Crippen molar-refractivity contribution in [3.8, 4) is 11.5 Å². The Morgan fingerprint density at radius 1 is 1.58 bits per heavy atom. The zero-order valence-corrected chi connectivity index (χ0v) is 11.7. The predicted octanol–water partition coefficient (Wildman–Crippen LogP) is 2.69. The fourth-order valence-electron chi connectivity index (χ4n) is 1.39. The van der Waals surface area contributed by atoms with Crippen LogP contribution in [-0.4, -0.2) is 24.3 Å². The van der Waals surface area contributed by atoms with Gasteiger partial charge in [0.1, 0.15) is 0 Å². The first kappa shape index (κ1) is 15.3. The molecule has 0 spiro atoms. The van der Waals surface area contributed by atoms with Gasteiger partial charge in [-0.1, -0.05) is 24.9 Å². The van der Waals surface area contributed by atoms with Crippen LogP contribution in [-0.2, 0) is 4.79 Å². The lowest BCUT2D eigenvalue weighted by Crippen LogP contribution is -2.16. The van der Waals surface area contributed by atoms with Crippen molar-refractivity contribution in [3.05, 3.63) is 22.7 Å². The van der Waals surface area contributed by atoms with Gasteiger partial charge in [0.25, 0.3) is 0 Å². The second kappa shape index (κ2) is 7.63. The van der Waals surface area contributed by atoms with E-state index in [0.717, 1.165) is 12.8 Å². The molecule has 0 aromatic heterocycles. The zero-order valence-electron chi connectivity index (χ0n) is 10.9. The summed E-state index contributed by atoms with van der Waals surface area (Å²) < 4.78 is 4.92. The van der Waals surface area contributed by atoms with Gasteiger partial charge in [-0.05, 0) is 18.6 Å². The van der Waals surface area contributed by atoms with Crippen LogP contribution in [0.4, 0.5) is 0 Å². The minimum Gasteiger partial charge on any atom is -0.503 e. The molecule has 0 unspecified atom stereocenters. The summed E-state index contributed by atoms with van der Waals surface area (Å²) in [5.41, 5.74) is 2.90. The molecule has 0 saturated heterocycles. The highest BCUT2D eigenvalue weighted by Crippen LogP contribution is 2.35. The molecule has 0 atom stereocenters. The van der Waals surface area contributed by atoms with Crippen molar-refractivity contribution in [2.45, 2.75) is 26.2 Å². The molecule has 1 amide bonds. The van der Waals surface area contributed by atoms with Gasteiger partial charge in [0, 0.05) is 12.0 Å². The van der Waals surface area contributed by atoms with Gasteiger partial charge in [-0.3, -0.25) is 4.79 Å². The van der Waals surface area contributed by atoms with E-state index >= 15 is 0 Å². The Kier molecular flexibility index (Phi) is 6.15. The predicted molar refractivity (Wildman–Crippen MR) is 74.9 cm³/mol. The van der Waals surface area contributed by atoms with Crippen molar-refractivity contribution >= 4 is 23.7 Å². The van der Waals surface area contributed by atoms with Crippen molar-refractivity contribution in [2.75, 3.05) is 7.11 Å². The molecular weight excluding hydrogens is 268 g/mol. The van der Waals surface area contributed by atoms with Crippen LogP contribution in [0.1, 0.15) is 31.7 Å². The van der Waals surface area contributed by atoms with Gasteiger partial charge < -0.3 is 9.84 Å². The van der Waals surface area contributed by atoms with E-state index in [2.05, 4.69) is 10.5 Å². The number of amides is 1. The molecule has 0 heterocycles. The van der Waals surface area contributed by atoms with Gasteiger partial charge in [0.15, 0.2) is 11.5 Å². The molecule has 2 N–H and O–H groups in total. The lowest BCUT2D eigenvalue weighted by Gasteiger charge is -2.06. The van der Waals surface area contributed by atoms with Gasteiger partial charge in [-0.25, -0.2) is 5.43 Å². The van der Waals surface area contributed by atoms with Gasteiger partial charge in [0.2, 0.25) is 5.91 Å². The Morgan fingerprint density at radius 2 is 2.32 bits per heavy atom. The summed E-state index contributed by atoms with van der Waals surface area (Å²) in [4.78, 5) is 11.3. The highest BCUT2D eigenvalue weighted by molar-refractivity contribution is 6.34. The van der Waals surface area contributed by atoms with E-state index in [1.807, 2.05) is 6.92 Å². The monoisotopic (exact) mass is 284 g/mol. The van der Waals surface area contributed by atoms with Gasteiger partial charge in [-0.2, -0.15) is 5.10 Å². The molecule has 0 aliphatic heterocycles. The number of hydrazone groups is 1. The molecule has 104 valence electrons. The standard InChI is InChI=1S/C13H17ClN2O3/c1-3-4-5-11(17)16-15-8-9-6-7-10(19-2)13(18)12(9)14/h6-8,18H,3-5H2,1-2H3,(H,16,17)/b15-8+. The number of nitrogens with one attached hydrogen (secondary N) is 1. The topological polar surface area (TPSA) is 70.9 Å². The number of phenols is 1. The van der Waals surface area contributed by atoms with Crippen LogP contribution in [0.25, 0.3) is 0 Å². The van der Waals surface area contributed by atoms with Gasteiger partial charge in [0.05, 0.1) is 18.3 Å². The number of halogens is 1. The normalized spacial score (nSPS) is 10.7. The minimum absolute atomic E-state index is 0.130. The number of nitrogens with zero attached hydrogens (tertiary/aromatic N) is 1. The van der Waals surface area contributed by atoms with Crippen LogP contribution >= 0.6 is 11.6 Å². The van der Waals surface area contributed by atoms with Crippen molar-refractivity contribution in [1.29, 1.82) is 0 Å². The van der Waals surface area contributed by atoms with E-state index in [9.17, 15) is 9.90 Å². The molecule has 0 saturated carbocycles. The number of ether oxygens (including phenoxy) is 1. The third kappa shape index (κ3) is 4.44. The molecule has 6 heteroatoms. The summed E-state index contributed by atoms with van der Waals surface area (Å²) in [6.45, 7) is 2.01. The molecule has 1 aromatic carbocycles. The number of aromatic hydroxyl groups is 1. The first-order valence-corrected chi connectivity index (χ1v) is 6.35. The number of carbonyl (C=O) groups is 1. The maximum absolute atomic E-state index is 11.3. The lowest BCUT2D eigenvalue weighted by atomic mass is 10.2. The Morgan fingerprint density at radius 3 is 2.95 bits per heavy atom. The van der Waals surface area contributed by atoms with Crippen molar-refractivity contribution in [1.82, 2.24) is 5.43 Å². The number of hydrogen-bond donors (Lipinski definition) is 2. The maximum Gasteiger partial charge on any atom is 0.240 e. The third-order valence-corrected chi connectivity index (χ3v) is 2.88. The Balaban J connectivity index is 2.67. The molecule has 5 nitrogen and oxygen atoms in total. The molecule has 0 fully saturated rings. The van der Waals surface area contributed by atoms with Crippen LogP contribution < -0.4 is 10.2 Å². The molecule has 0 bridgehead atoms. The van der Waals surface area contributed by atoms with Crippen molar-refractivity contribution in [3.63, 3.8) is 0 Å². The van der Waals surface area contributed by atoms with Gasteiger partial charge in [-0.15, -0.1) is 0 Å². The van der Waals surface area contributed by atoms with Crippen LogP contribution in [0.3, 0.4) is 0 Å². The van der Waals surface area contributed by atoms with Gasteiger partial charge >= 0.3 is 0 Å². The molecule has 0 radical (unpaired) electrons. The Bertz CT molecular complexity index is 475. The van der Waals surface area contributed by atoms with Crippen molar-refractivity contribution < 1.29 is 14.6 Å². The molecule has 0 aliphatic rings. The number of methoxy groups -OCH3 is 1. The quantitative estimate of drug-likeness (QED) is 0.623. The largest absolute Gasteiger partial charge is 0.503 e. The number of carbonyl (C=O) groups excluding carboxylic acids is 1. The second-order valence-electron chi connectivity index (χ2n) is 3.92. The summed E-state index contributed by atoms with van der Waals surface area (Å²) in [6.07, 6.45) is 3.60. The molecule has 1 rings (SSSR count). The maximum atomic E-state index is 11.3. The minimum atomic E-state index is -0.148. The van der Waals surface area contributed by atoms with E-state index in [4.69, 9.17) is 16.3 Å². The van der Waals surface area contributed by atoms with E-state index in [1.165, 1.54) is 13.3 Å². The van der Waals surface area contributed by atoms with Crippen LogP contribution in [0.15, 0.2) is 17.2 Å². The van der Waals surface area contributed by atoms with E-state index in [0.29, 0.717) is 12.0 Å². The highest BCUT2D eigenvalue weighted by atomic mass is 35.5. The zero-order chi connectivity index (χ0) is 14.3. The molecule has 0 aliphatic carbocycles. The molecule has 1 aromatic rings. The first-order valence-electron chi connectivity index (χ1n) is 5.97. The second-order valence-corrected chi connectivity index (χ2v) is 4.29. The Hall–Kier alpha value is -1.75. The number of phenolic OH excluding ortho intramolecular Hbond substituents is 1. The summed E-state index contributed by atoms with van der Waals surface area (Å²) in [5, 5.41) is 13.6. The van der Waals surface area contributed by atoms with Crippen LogP contribution in [0, 0.1) is 0 Å². The van der Waals surface area contributed by atoms with E-state index in [1.54, 1.807) is 12.1 Å². The van der Waals surface area contributed by atoms with E-state index < -0.39 is 0 Å². The van der Waals surface area contributed by atoms with Crippen LogP contribution in [0.5, 0.6) is 11.5 Å². The Labute approximate surface area is 117 Å². The summed E-state index contributed by atoms with van der Waals surface area (Å²) >= 11 is 5.94. The average Bonchev–Trinajstić information content (AvgIpc) is 2.41. The molecule has 19 heavy (non-hydrogen) atoms. The smallest absolute Gasteiger partial charge is 0.240 e. The lowest BCUT2D eigenvalue weighted by molar-refractivity contribution is -0.121. The van der Waals surface area contributed by atoms with Crippen LogP contribution in [0.2, 0.25) is 5.02 Å². The fourth-order valence-corrected chi connectivity index (χ4v) is 1.60. The number of rotatable bonds is 6. The highest BCUT2D eigenvalue weighted by Gasteiger charge is 2.09.